The summed E-state index contributed by atoms with van der Waals surface area (Å²) in [5.41, 5.74) is 2.92. The molecule has 0 bridgehead atoms. The Kier molecular flexibility index (Phi) is 4.71. The summed E-state index contributed by atoms with van der Waals surface area (Å²) in [5.74, 6) is 0.521. The Bertz CT molecular complexity index is 588. The van der Waals surface area contributed by atoms with Gasteiger partial charge in [0.15, 0.2) is 0 Å². The van der Waals surface area contributed by atoms with E-state index in [-0.39, 0.29) is 5.97 Å². The van der Waals surface area contributed by atoms with Gasteiger partial charge in [-0.3, -0.25) is 0 Å². The molecule has 4 nitrogen and oxygen atoms in total. The van der Waals surface area contributed by atoms with Gasteiger partial charge in [-0.1, -0.05) is 22.0 Å². The van der Waals surface area contributed by atoms with Crippen molar-refractivity contribution in [2.45, 2.75) is 44.5 Å². The van der Waals surface area contributed by atoms with Crippen LogP contribution in [-0.2, 0) is 21.3 Å². The van der Waals surface area contributed by atoms with Crippen molar-refractivity contribution >= 4 is 33.3 Å². The number of benzene rings is 1. The molecule has 0 unspecified atom stereocenters. The van der Waals surface area contributed by atoms with Gasteiger partial charge in [0.1, 0.15) is 17.1 Å². The molecule has 0 atom stereocenters. The van der Waals surface area contributed by atoms with Gasteiger partial charge in [0.05, 0.1) is 12.8 Å². The molecular formula is C16H20BrNO3. The second-order valence-corrected chi connectivity index (χ2v) is 6.51. The molecule has 0 aliphatic carbocycles. The van der Waals surface area contributed by atoms with Crippen LogP contribution in [0.25, 0.3) is 0 Å². The number of rotatable bonds is 3. The summed E-state index contributed by atoms with van der Waals surface area (Å²) in [6.45, 7) is 5.56. The third kappa shape index (κ3) is 3.64. The molecule has 114 valence electrons. The molecule has 1 aromatic carbocycles. The van der Waals surface area contributed by atoms with Crippen LogP contribution >= 0.6 is 15.9 Å². The van der Waals surface area contributed by atoms with Gasteiger partial charge in [0.25, 0.3) is 0 Å². The van der Waals surface area contributed by atoms with Crippen molar-refractivity contribution in [3.63, 3.8) is 0 Å². The fourth-order valence-corrected chi connectivity index (χ4v) is 2.74. The number of carbonyl (C=O) groups excluding carboxylic acids is 1. The largest absolute Gasteiger partial charge is 0.496 e. The van der Waals surface area contributed by atoms with Crippen molar-refractivity contribution in [1.82, 2.24) is 0 Å². The highest BCUT2D eigenvalue weighted by Crippen LogP contribution is 2.37. The molecule has 0 aromatic heterocycles. The van der Waals surface area contributed by atoms with Crippen LogP contribution in [0.5, 0.6) is 5.75 Å². The van der Waals surface area contributed by atoms with E-state index in [9.17, 15) is 4.79 Å². The van der Waals surface area contributed by atoms with Gasteiger partial charge in [0, 0.05) is 22.9 Å². The van der Waals surface area contributed by atoms with Crippen LogP contribution in [-0.4, -0.2) is 24.4 Å². The zero-order valence-electron chi connectivity index (χ0n) is 12.8. The summed E-state index contributed by atoms with van der Waals surface area (Å²) in [6, 6.07) is 3.89. The van der Waals surface area contributed by atoms with E-state index in [1.165, 1.54) is 0 Å². The summed E-state index contributed by atoms with van der Waals surface area (Å²) in [5, 5.41) is 0.728. The van der Waals surface area contributed by atoms with Crippen molar-refractivity contribution in [2.24, 2.45) is 4.99 Å². The van der Waals surface area contributed by atoms with Gasteiger partial charge in [-0.05, 0) is 33.3 Å². The third-order valence-corrected chi connectivity index (χ3v) is 3.77. The van der Waals surface area contributed by atoms with Crippen molar-refractivity contribution in [3.8, 4) is 5.75 Å². The monoisotopic (exact) mass is 353 g/mol. The van der Waals surface area contributed by atoms with Crippen molar-refractivity contribution in [1.29, 1.82) is 0 Å². The van der Waals surface area contributed by atoms with Crippen molar-refractivity contribution < 1.29 is 14.3 Å². The maximum atomic E-state index is 12.1. The number of ether oxygens (including phenoxy) is 2. The molecule has 1 aromatic rings. The first kappa shape index (κ1) is 16.0. The van der Waals surface area contributed by atoms with Gasteiger partial charge in [-0.25, -0.2) is 9.79 Å². The summed E-state index contributed by atoms with van der Waals surface area (Å²) in [6.07, 6.45) is 1.31. The van der Waals surface area contributed by atoms with E-state index < -0.39 is 5.60 Å². The molecule has 21 heavy (non-hydrogen) atoms. The Morgan fingerprint density at radius 1 is 1.33 bits per heavy atom. The second kappa shape index (κ2) is 6.18. The summed E-state index contributed by atoms with van der Waals surface area (Å²) in [4.78, 5) is 16.6. The first-order chi connectivity index (χ1) is 9.85. The number of esters is 1. The van der Waals surface area contributed by atoms with Crippen LogP contribution in [0, 0.1) is 0 Å². The van der Waals surface area contributed by atoms with Crippen LogP contribution < -0.4 is 4.74 Å². The Morgan fingerprint density at radius 2 is 2.05 bits per heavy atom. The number of carbonyl (C=O) groups is 1. The lowest BCUT2D eigenvalue weighted by Gasteiger charge is -2.23. The van der Waals surface area contributed by atoms with Crippen LogP contribution in [0.3, 0.4) is 0 Å². The smallest absolute Gasteiger partial charge is 0.353 e. The van der Waals surface area contributed by atoms with E-state index >= 15 is 0 Å². The lowest BCUT2D eigenvalue weighted by molar-refractivity contribution is -0.146. The third-order valence-electron chi connectivity index (χ3n) is 3.17. The van der Waals surface area contributed by atoms with E-state index in [0.29, 0.717) is 12.1 Å². The predicted molar refractivity (Wildman–Crippen MR) is 86.9 cm³/mol. The second-order valence-electron chi connectivity index (χ2n) is 5.95. The van der Waals surface area contributed by atoms with Crippen molar-refractivity contribution in [3.05, 3.63) is 23.3 Å². The number of hydrogen-bond donors (Lipinski definition) is 0. The molecular weight excluding hydrogens is 334 g/mol. The van der Waals surface area contributed by atoms with E-state index in [4.69, 9.17) is 9.47 Å². The zero-order chi connectivity index (χ0) is 15.6. The van der Waals surface area contributed by atoms with Crippen LogP contribution in [0.4, 0.5) is 5.69 Å². The topological polar surface area (TPSA) is 47.9 Å². The molecule has 0 saturated heterocycles. The maximum absolute atomic E-state index is 12.1. The lowest BCUT2D eigenvalue weighted by atomic mass is 9.98. The minimum Gasteiger partial charge on any atom is -0.496 e. The molecule has 0 N–H and O–H groups in total. The number of halogens is 1. The summed E-state index contributed by atoms with van der Waals surface area (Å²) < 4.78 is 10.9. The highest BCUT2D eigenvalue weighted by molar-refractivity contribution is 9.08. The minimum absolute atomic E-state index is 0.336. The standard InChI is InChI=1S/C16H20BrNO3/c1-16(2,3)21-15(19)13-8-6-11-12(18-13)7-5-10(9-17)14(11)20-4/h5,7H,6,8-9H2,1-4H3. The molecule has 5 heteroatoms. The molecule has 1 heterocycles. The highest BCUT2D eigenvalue weighted by Gasteiger charge is 2.25. The van der Waals surface area contributed by atoms with Crippen molar-refractivity contribution in [2.75, 3.05) is 7.11 Å². The lowest BCUT2D eigenvalue weighted by Crippen LogP contribution is -2.30. The molecule has 0 radical (unpaired) electrons. The average molecular weight is 354 g/mol. The Morgan fingerprint density at radius 3 is 2.62 bits per heavy atom. The van der Waals surface area contributed by atoms with Gasteiger partial charge < -0.3 is 9.47 Å². The van der Waals surface area contributed by atoms with Crippen LogP contribution in [0.1, 0.15) is 38.3 Å². The predicted octanol–water partition coefficient (Wildman–Crippen LogP) is 3.95. The first-order valence-electron chi connectivity index (χ1n) is 6.91. The Balaban J connectivity index is 2.34. The zero-order valence-corrected chi connectivity index (χ0v) is 14.4. The van der Waals surface area contributed by atoms with E-state index in [0.717, 1.165) is 34.3 Å². The average Bonchev–Trinajstić information content (AvgIpc) is 2.43. The Hall–Kier alpha value is -1.36. The van der Waals surface area contributed by atoms with Gasteiger partial charge in [0.2, 0.25) is 0 Å². The van der Waals surface area contributed by atoms with Crippen LogP contribution in [0.15, 0.2) is 17.1 Å². The summed E-state index contributed by atoms with van der Waals surface area (Å²) >= 11 is 3.46. The fraction of sp³-hybridized carbons (Fsp3) is 0.500. The SMILES string of the molecule is COc1c(CBr)ccc2c1CCC(C(=O)OC(C)(C)C)=N2. The number of aliphatic imine (C=N–C) groups is 1. The van der Waals surface area contributed by atoms with Crippen LogP contribution in [0.2, 0.25) is 0 Å². The van der Waals surface area contributed by atoms with Gasteiger partial charge >= 0.3 is 5.97 Å². The maximum Gasteiger partial charge on any atom is 0.353 e. The number of fused-ring (bicyclic) bond motifs is 1. The van der Waals surface area contributed by atoms with E-state index in [2.05, 4.69) is 20.9 Å². The van der Waals surface area contributed by atoms with Gasteiger partial charge in [-0.2, -0.15) is 0 Å². The molecule has 1 aliphatic heterocycles. The quantitative estimate of drug-likeness (QED) is 0.610. The molecule has 0 amide bonds. The highest BCUT2D eigenvalue weighted by atomic mass is 79.9. The fourth-order valence-electron chi connectivity index (χ4n) is 2.30. The number of methoxy groups -OCH3 is 1. The molecule has 0 spiro atoms. The molecule has 1 aliphatic rings. The first-order valence-corrected chi connectivity index (χ1v) is 8.03. The Labute approximate surface area is 133 Å². The molecule has 0 fully saturated rings. The number of nitrogens with zero attached hydrogens (tertiary/aromatic N) is 1. The molecule has 0 saturated carbocycles. The molecule has 2 rings (SSSR count). The van der Waals surface area contributed by atoms with E-state index in [1.807, 2.05) is 32.9 Å². The minimum atomic E-state index is -0.503. The number of alkyl halides is 1. The summed E-state index contributed by atoms with van der Waals surface area (Å²) in [7, 11) is 1.66. The van der Waals surface area contributed by atoms with E-state index in [1.54, 1.807) is 7.11 Å². The van der Waals surface area contributed by atoms with Gasteiger partial charge in [-0.15, -0.1) is 0 Å². The number of hydrogen-bond acceptors (Lipinski definition) is 4. The normalized spacial score (nSPS) is 14.2.